The van der Waals surface area contributed by atoms with Gasteiger partial charge in [0.1, 0.15) is 6.54 Å². The predicted octanol–water partition coefficient (Wildman–Crippen LogP) is 2.93. The van der Waals surface area contributed by atoms with Crippen molar-refractivity contribution in [3.63, 3.8) is 0 Å². The van der Waals surface area contributed by atoms with E-state index in [1.807, 2.05) is 4.90 Å². The first kappa shape index (κ1) is 21.1. The topological polar surface area (TPSA) is 95.7 Å². The summed E-state index contributed by atoms with van der Waals surface area (Å²) in [6.45, 7) is 0.972. The maximum atomic E-state index is 13.0. The minimum absolute atomic E-state index is 0.180. The van der Waals surface area contributed by atoms with Gasteiger partial charge in [-0.2, -0.15) is 13.2 Å². The molecule has 5 rings (SSSR count). The SMILES string of the molecule is CN1C(=O)c2c(ncn2CC(=O)Nc2nc(-c3cccc(C(F)(F)F)c3)cs2)N2CCN=C12. The molecule has 4 heterocycles. The highest BCUT2D eigenvalue weighted by molar-refractivity contribution is 7.14. The van der Waals surface area contributed by atoms with E-state index in [2.05, 4.69) is 20.3 Å². The third kappa shape index (κ3) is 3.73. The van der Waals surface area contributed by atoms with Gasteiger partial charge in [-0.3, -0.25) is 24.4 Å². The van der Waals surface area contributed by atoms with Crippen molar-refractivity contribution in [2.75, 3.05) is 30.4 Å². The van der Waals surface area contributed by atoms with Gasteiger partial charge in [-0.25, -0.2) is 9.97 Å². The molecule has 9 nitrogen and oxygen atoms in total. The lowest BCUT2D eigenvalue weighted by Gasteiger charge is -2.30. The van der Waals surface area contributed by atoms with Crippen LogP contribution >= 0.6 is 11.3 Å². The van der Waals surface area contributed by atoms with Crippen LogP contribution < -0.4 is 10.2 Å². The second-order valence-corrected chi connectivity index (χ2v) is 8.26. The quantitative estimate of drug-likeness (QED) is 0.626. The van der Waals surface area contributed by atoms with Crippen molar-refractivity contribution in [1.82, 2.24) is 19.4 Å². The van der Waals surface area contributed by atoms with Crippen LogP contribution in [0.5, 0.6) is 0 Å². The van der Waals surface area contributed by atoms with Gasteiger partial charge in [-0.1, -0.05) is 12.1 Å². The average molecular weight is 475 g/mol. The van der Waals surface area contributed by atoms with Gasteiger partial charge in [-0.05, 0) is 12.1 Å². The number of nitrogens with one attached hydrogen (secondary N) is 1. The normalized spacial score (nSPS) is 15.4. The van der Waals surface area contributed by atoms with Crippen molar-refractivity contribution in [3.8, 4) is 11.3 Å². The van der Waals surface area contributed by atoms with E-state index in [1.54, 1.807) is 12.4 Å². The van der Waals surface area contributed by atoms with Gasteiger partial charge in [-0.15, -0.1) is 11.3 Å². The summed E-state index contributed by atoms with van der Waals surface area (Å²) in [5, 5.41) is 4.43. The second-order valence-electron chi connectivity index (χ2n) is 7.41. The summed E-state index contributed by atoms with van der Waals surface area (Å²) in [5.41, 5.74) is 0.127. The molecule has 2 aromatic heterocycles. The number of rotatable bonds is 4. The summed E-state index contributed by atoms with van der Waals surface area (Å²) in [6, 6.07) is 4.82. The minimum atomic E-state index is -4.46. The summed E-state index contributed by atoms with van der Waals surface area (Å²) in [4.78, 5) is 41.5. The molecule has 13 heteroatoms. The first-order valence-corrected chi connectivity index (χ1v) is 10.7. The molecule has 2 aliphatic rings. The molecule has 33 heavy (non-hydrogen) atoms. The first-order chi connectivity index (χ1) is 15.7. The Kier molecular flexibility index (Phi) is 4.92. The molecular formula is C20H16F3N7O2S. The number of fused-ring (bicyclic) bond motifs is 3. The van der Waals surface area contributed by atoms with E-state index in [4.69, 9.17) is 0 Å². The zero-order chi connectivity index (χ0) is 23.3. The fraction of sp³-hybridized carbons (Fsp3) is 0.250. The number of carbonyl (C=O) groups excluding carboxylic acids is 2. The van der Waals surface area contributed by atoms with Crippen LogP contribution in [-0.4, -0.2) is 57.3 Å². The highest BCUT2D eigenvalue weighted by atomic mass is 32.1. The third-order valence-corrected chi connectivity index (χ3v) is 6.01. The van der Waals surface area contributed by atoms with Gasteiger partial charge >= 0.3 is 6.18 Å². The first-order valence-electron chi connectivity index (χ1n) is 9.80. The van der Waals surface area contributed by atoms with Gasteiger partial charge in [0.05, 0.1) is 24.1 Å². The molecule has 2 aliphatic heterocycles. The Balaban J connectivity index is 1.32. The number of benzene rings is 1. The number of imidazole rings is 1. The number of nitrogens with zero attached hydrogens (tertiary/aromatic N) is 6. The van der Waals surface area contributed by atoms with Crippen LogP contribution in [0.15, 0.2) is 41.0 Å². The Hall–Kier alpha value is -3.74. The lowest BCUT2D eigenvalue weighted by molar-refractivity contribution is -0.137. The van der Waals surface area contributed by atoms with Crippen molar-refractivity contribution in [1.29, 1.82) is 0 Å². The smallest absolute Gasteiger partial charge is 0.315 e. The van der Waals surface area contributed by atoms with Crippen LogP contribution in [0, 0.1) is 0 Å². The summed E-state index contributed by atoms with van der Waals surface area (Å²) in [5.74, 6) is 0.236. The van der Waals surface area contributed by atoms with E-state index in [1.165, 1.54) is 27.9 Å². The minimum Gasteiger partial charge on any atom is -0.315 e. The van der Waals surface area contributed by atoms with Crippen LogP contribution in [0.3, 0.4) is 0 Å². The molecular weight excluding hydrogens is 459 g/mol. The number of thiazole rings is 1. The van der Waals surface area contributed by atoms with E-state index < -0.39 is 17.6 Å². The number of carbonyl (C=O) groups is 2. The molecule has 0 aliphatic carbocycles. The van der Waals surface area contributed by atoms with Gasteiger partial charge in [0.25, 0.3) is 5.91 Å². The number of guanidine groups is 1. The molecule has 1 aromatic carbocycles. The summed E-state index contributed by atoms with van der Waals surface area (Å²) >= 11 is 1.09. The van der Waals surface area contributed by atoms with Crippen LogP contribution in [0.25, 0.3) is 11.3 Å². The fourth-order valence-corrected chi connectivity index (χ4v) is 4.45. The fourth-order valence-electron chi connectivity index (χ4n) is 3.71. The molecule has 0 fully saturated rings. The molecule has 0 bridgehead atoms. The number of anilines is 2. The van der Waals surface area contributed by atoms with E-state index in [-0.39, 0.29) is 23.3 Å². The Bertz CT molecular complexity index is 1300. The zero-order valence-electron chi connectivity index (χ0n) is 17.1. The van der Waals surface area contributed by atoms with E-state index in [0.717, 1.165) is 23.5 Å². The summed E-state index contributed by atoms with van der Waals surface area (Å²) in [7, 11) is 1.62. The standard InChI is InChI=1S/C20H16F3N7O2S/c1-28-17(32)15-16(30-6-5-24-19(28)30)25-10-29(15)8-14(31)27-18-26-13(9-33-18)11-3-2-4-12(7-11)20(21,22)23/h2-4,7,9-10H,5-6,8H2,1H3,(H,26,27,31). The molecule has 0 unspecified atom stereocenters. The number of aliphatic imine (C=N–C) groups is 1. The number of hydrogen-bond acceptors (Lipinski definition) is 7. The lowest BCUT2D eigenvalue weighted by atomic mass is 10.1. The van der Waals surface area contributed by atoms with Crippen LogP contribution in [0.4, 0.5) is 24.1 Å². The molecule has 0 spiro atoms. The van der Waals surface area contributed by atoms with E-state index in [0.29, 0.717) is 36.1 Å². The number of aromatic nitrogens is 3. The van der Waals surface area contributed by atoms with Gasteiger partial charge in [0.15, 0.2) is 16.6 Å². The molecule has 0 saturated heterocycles. The monoisotopic (exact) mass is 475 g/mol. The molecule has 3 aromatic rings. The van der Waals surface area contributed by atoms with E-state index >= 15 is 0 Å². The van der Waals surface area contributed by atoms with Crippen LogP contribution in [-0.2, 0) is 17.5 Å². The van der Waals surface area contributed by atoms with Gasteiger partial charge in [0.2, 0.25) is 11.9 Å². The number of amides is 2. The lowest BCUT2D eigenvalue weighted by Crippen LogP contribution is -2.48. The third-order valence-electron chi connectivity index (χ3n) is 5.25. The number of halogens is 3. The summed E-state index contributed by atoms with van der Waals surface area (Å²) in [6.07, 6.45) is -3.03. The Morgan fingerprint density at radius 2 is 2.12 bits per heavy atom. The predicted molar refractivity (Wildman–Crippen MR) is 115 cm³/mol. The molecule has 1 N–H and O–H groups in total. The van der Waals surface area contributed by atoms with Crippen LogP contribution in [0.1, 0.15) is 16.1 Å². The summed E-state index contributed by atoms with van der Waals surface area (Å²) < 4.78 is 40.4. The molecule has 0 atom stereocenters. The molecule has 0 radical (unpaired) electrons. The Labute approximate surface area is 189 Å². The largest absolute Gasteiger partial charge is 0.416 e. The van der Waals surface area contributed by atoms with E-state index in [9.17, 15) is 22.8 Å². The van der Waals surface area contributed by atoms with Crippen molar-refractivity contribution in [3.05, 3.63) is 47.2 Å². The number of hydrogen-bond donors (Lipinski definition) is 1. The highest BCUT2D eigenvalue weighted by Crippen LogP contribution is 2.33. The highest BCUT2D eigenvalue weighted by Gasteiger charge is 2.39. The molecule has 2 amide bonds. The zero-order valence-corrected chi connectivity index (χ0v) is 17.9. The van der Waals surface area contributed by atoms with Gasteiger partial charge < -0.3 is 9.88 Å². The van der Waals surface area contributed by atoms with Crippen molar-refractivity contribution >= 4 is 40.1 Å². The maximum absolute atomic E-state index is 13.0. The maximum Gasteiger partial charge on any atom is 0.416 e. The second kappa shape index (κ2) is 7.69. The van der Waals surface area contributed by atoms with Crippen molar-refractivity contribution in [2.24, 2.45) is 4.99 Å². The average Bonchev–Trinajstić information content (AvgIpc) is 3.51. The van der Waals surface area contributed by atoms with Crippen molar-refractivity contribution < 1.29 is 22.8 Å². The molecule has 170 valence electrons. The van der Waals surface area contributed by atoms with Gasteiger partial charge in [0, 0.05) is 24.5 Å². The molecule has 0 saturated carbocycles. The van der Waals surface area contributed by atoms with Crippen LogP contribution in [0.2, 0.25) is 0 Å². The number of alkyl halides is 3. The van der Waals surface area contributed by atoms with Crippen molar-refractivity contribution in [2.45, 2.75) is 12.7 Å². The Morgan fingerprint density at radius 3 is 2.91 bits per heavy atom. The Morgan fingerprint density at radius 1 is 1.30 bits per heavy atom.